The van der Waals surface area contributed by atoms with Crippen LogP contribution in [-0.2, 0) is 11.3 Å². The first-order chi connectivity index (χ1) is 17.2. The second-order valence-corrected chi connectivity index (χ2v) is 9.83. The molecule has 2 heterocycles. The van der Waals surface area contributed by atoms with Crippen molar-refractivity contribution in [3.8, 4) is 0 Å². The van der Waals surface area contributed by atoms with E-state index in [1.807, 2.05) is 0 Å². The molecule has 0 aliphatic heterocycles. The van der Waals surface area contributed by atoms with Gasteiger partial charge in [0.1, 0.15) is 17.2 Å². The van der Waals surface area contributed by atoms with Crippen LogP contribution < -0.4 is 10.6 Å². The van der Waals surface area contributed by atoms with Crippen molar-refractivity contribution in [2.45, 2.75) is 45.1 Å². The van der Waals surface area contributed by atoms with Gasteiger partial charge < -0.3 is 15.7 Å². The third kappa shape index (κ3) is 4.29. The average Bonchev–Trinajstić information content (AvgIpc) is 3.27. The fourth-order valence-corrected chi connectivity index (χ4v) is 5.30. The fourth-order valence-electron chi connectivity index (χ4n) is 5.30. The number of carbonyl (C=O) groups is 3. The van der Waals surface area contributed by atoms with Crippen LogP contribution in [-0.4, -0.2) is 44.0 Å². The molecule has 188 valence electrons. The largest absolute Gasteiger partial charge is 0.481 e. The summed E-state index contributed by atoms with van der Waals surface area (Å²) >= 11 is 0. The topological polar surface area (TPSA) is 126 Å². The highest BCUT2D eigenvalue weighted by Gasteiger charge is 2.52. The van der Waals surface area contributed by atoms with Crippen LogP contribution in [0.15, 0.2) is 36.5 Å². The van der Waals surface area contributed by atoms with Crippen LogP contribution in [0.1, 0.15) is 65.1 Å². The highest BCUT2D eigenvalue weighted by molar-refractivity contribution is 5.98. The smallest absolute Gasteiger partial charge is 0.309 e. The molecule has 11 heteroatoms. The number of carboxylic acids is 1. The van der Waals surface area contributed by atoms with Gasteiger partial charge in [0.15, 0.2) is 11.5 Å². The fraction of sp³-hybridized carbons (Fsp3) is 0.400. The molecule has 3 aliphatic carbocycles. The summed E-state index contributed by atoms with van der Waals surface area (Å²) < 4.78 is 28.5. The summed E-state index contributed by atoms with van der Waals surface area (Å²) in [6.45, 7) is 0.441. The van der Waals surface area contributed by atoms with Gasteiger partial charge in [0.2, 0.25) is 0 Å². The Morgan fingerprint density at radius 1 is 0.972 bits per heavy atom. The van der Waals surface area contributed by atoms with Crippen LogP contribution >= 0.6 is 0 Å². The number of benzene rings is 1. The van der Waals surface area contributed by atoms with Crippen LogP contribution in [0.2, 0.25) is 0 Å². The van der Waals surface area contributed by atoms with Crippen molar-refractivity contribution in [2.24, 2.45) is 10.8 Å². The van der Waals surface area contributed by atoms with E-state index in [1.54, 1.807) is 0 Å². The highest BCUT2D eigenvalue weighted by atomic mass is 19.1. The van der Waals surface area contributed by atoms with Crippen molar-refractivity contribution in [2.75, 3.05) is 6.54 Å². The highest BCUT2D eigenvalue weighted by Crippen LogP contribution is 2.56. The van der Waals surface area contributed by atoms with E-state index in [9.17, 15) is 28.3 Å². The Hall–Kier alpha value is -3.89. The molecule has 3 aliphatic rings. The molecular weight excluding hydrogens is 472 g/mol. The maximum absolute atomic E-state index is 14.3. The molecule has 36 heavy (non-hydrogen) atoms. The first-order valence-corrected chi connectivity index (χ1v) is 11.8. The van der Waals surface area contributed by atoms with E-state index in [0.29, 0.717) is 50.6 Å². The van der Waals surface area contributed by atoms with E-state index in [1.165, 1.54) is 30.3 Å². The van der Waals surface area contributed by atoms with Gasteiger partial charge in [0.05, 0.1) is 11.6 Å². The van der Waals surface area contributed by atoms with Crippen LogP contribution in [0.25, 0.3) is 5.65 Å². The number of hydrogen-bond acceptors (Lipinski definition) is 5. The summed E-state index contributed by atoms with van der Waals surface area (Å²) in [5.41, 5.74) is -0.623. The Morgan fingerprint density at radius 2 is 1.64 bits per heavy atom. The predicted molar refractivity (Wildman–Crippen MR) is 123 cm³/mol. The summed E-state index contributed by atoms with van der Waals surface area (Å²) in [4.78, 5) is 41.6. The normalized spacial score (nSPS) is 22.9. The van der Waals surface area contributed by atoms with Crippen molar-refractivity contribution >= 4 is 23.4 Å². The zero-order chi connectivity index (χ0) is 25.5. The minimum atomic E-state index is -0.777. The lowest BCUT2D eigenvalue weighted by Gasteiger charge is -2.51. The molecule has 0 radical (unpaired) electrons. The Kier molecular flexibility index (Phi) is 5.93. The van der Waals surface area contributed by atoms with Crippen molar-refractivity contribution in [1.29, 1.82) is 0 Å². The van der Waals surface area contributed by atoms with E-state index >= 15 is 0 Å². The molecule has 0 atom stereocenters. The van der Waals surface area contributed by atoms with E-state index in [-0.39, 0.29) is 29.0 Å². The molecule has 3 aromatic rings. The quantitative estimate of drug-likeness (QED) is 0.461. The van der Waals surface area contributed by atoms with E-state index in [0.717, 1.165) is 10.7 Å². The maximum atomic E-state index is 14.3. The molecule has 1 aromatic carbocycles. The lowest BCUT2D eigenvalue weighted by atomic mass is 9.53. The number of aliphatic carboxylic acids is 1. The lowest BCUT2D eigenvalue weighted by molar-refractivity contribution is -0.158. The van der Waals surface area contributed by atoms with Gasteiger partial charge in [0, 0.05) is 19.2 Å². The van der Waals surface area contributed by atoms with Crippen LogP contribution in [0.4, 0.5) is 8.78 Å². The summed E-state index contributed by atoms with van der Waals surface area (Å²) in [5, 5.41) is 19.0. The van der Waals surface area contributed by atoms with Gasteiger partial charge in [-0.15, -0.1) is 0 Å². The molecule has 3 fully saturated rings. The van der Waals surface area contributed by atoms with E-state index in [2.05, 4.69) is 20.7 Å². The van der Waals surface area contributed by atoms with Gasteiger partial charge >= 0.3 is 5.97 Å². The number of fused-ring (bicyclic) bond motifs is 4. The number of hydrogen-bond donors (Lipinski definition) is 3. The molecule has 2 amide bonds. The standard InChI is InChI=1S/C25H25F2N5O4/c26-16-3-1-15(2-4-16)12-28-21(33)18-11-19(32-20(31-18)17(27)13-30-32)22(34)29-14-24-5-8-25(9-6-24,10-7-24)23(35)36/h1-4,11,13H,5-10,12,14H2,(H,28,33)(H,29,34)(H,35,36). The average molecular weight is 498 g/mol. The summed E-state index contributed by atoms with van der Waals surface area (Å²) in [6, 6.07) is 6.85. The number of nitrogens with one attached hydrogen (secondary N) is 2. The second-order valence-electron chi connectivity index (χ2n) is 9.83. The van der Waals surface area contributed by atoms with Crippen LogP contribution in [0.5, 0.6) is 0 Å². The monoisotopic (exact) mass is 497 g/mol. The van der Waals surface area contributed by atoms with Crippen molar-refractivity contribution in [1.82, 2.24) is 25.2 Å². The van der Waals surface area contributed by atoms with Crippen LogP contribution in [0.3, 0.4) is 0 Å². The molecule has 3 saturated carbocycles. The van der Waals surface area contributed by atoms with Crippen molar-refractivity contribution in [3.63, 3.8) is 0 Å². The number of amides is 2. The number of rotatable bonds is 7. The van der Waals surface area contributed by atoms with E-state index in [4.69, 9.17) is 0 Å². The third-order valence-electron chi connectivity index (χ3n) is 7.74. The number of aromatic nitrogens is 3. The minimum absolute atomic E-state index is 0.0428. The second kappa shape index (κ2) is 8.96. The van der Waals surface area contributed by atoms with Gasteiger partial charge in [-0.2, -0.15) is 5.10 Å². The molecule has 2 aromatic heterocycles. The molecular formula is C25H25F2N5O4. The molecule has 9 nitrogen and oxygen atoms in total. The van der Waals surface area contributed by atoms with Gasteiger partial charge in [0.25, 0.3) is 11.8 Å². The number of halogens is 2. The molecule has 0 spiro atoms. The zero-order valence-electron chi connectivity index (χ0n) is 19.4. The van der Waals surface area contributed by atoms with Crippen LogP contribution in [0, 0.1) is 22.5 Å². The maximum Gasteiger partial charge on any atom is 0.309 e. The van der Waals surface area contributed by atoms with Crippen molar-refractivity contribution < 1.29 is 28.3 Å². The molecule has 3 N–H and O–H groups in total. The SMILES string of the molecule is O=C(NCc1ccc(F)cc1)c1cc(C(=O)NCC23CCC(C(=O)O)(CC2)CC3)n2ncc(F)c2n1. The Bertz CT molecular complexity index is 1330. The van der Waals surface area contributed by atoms with Gasteiger partial charge in [-0.05, 0) is 61.6 Å². The van der Waals surface area contributed by atoms with Gasteiger partial charge in [-0.3, -0.25) is 14.4 Å². The first kappa shape index (κ1) is 23.8. The Morgan fingerprint density at radius 3 is 2.28 bits per heavy atom. The van der Waals surface area contributed by atoms with Crippen molar-refractivity contribution in [3.05, 3.63) is 65.1 Å². The van der Waals surface area contributed by atoms with Gasteiger partial charge in [-0.25, -0.2) is 18.3 Å². The Balaban J connectivity index is 1.32. The molecule has 2 bridgehead atoms. The molecule has 6 rings (SSSR count). The third-order valence-corrected chi connectivity index (χ3v) is 7.74. The van der Waals surface area contributed by atoms with E-state index < -0.39 is 34.8 Å². The zero-order valence-corrected chi connectivity index (χ0v) is 19.4. The first-order valence-electron chi connectivity index (χ1n) is 11.8. The number of carboxylic acid groups (broad SMARTS) is 1. The minimum Gasteiger partial charge on any atom is -0.481 e. The Labute approximate surface area is 204 Å². The van der Waals surface area contributed by atoms with Gasteiger partial charge in [-0.1, -0.05) is 12.1 Å². The summed E-state index contributed by atoms with van der Waals surface area (Å²) in [7, 11) is 0. The number of carbonyl (C=O) groups excluding carboxylic acids is 2. The summed E-state index contributed by atoms with van der Waals surface area (Å²) in [6.07, 6.45) is 4.80. The predicted octanol–water partition coefficient (Wildman–Crippen LogP) is 3.09. The lowest BCUT2D eigenvalue weighted by Crippen LogP contribution is -2.50. The molecule has 0 unspecified atom stereocenters. The molecule has 0 saturated heterocycles. The summed E-state index contributed by atoms with van der Waals surface area (Å²) in [5.74, 6) is -3.08. The number of nitrogens with zero attached hydrogens (tertiary/aromatic N) is 3.